The average Bonchev–Trinajstić information content (AvgIpc) is 3.13. The van der Waals surface area contributed by atoms with E-state index in [2.05, 4.69) is 37.9 Å². The van der Waals surface area contributed by atoms with Crippen LogP contribution in [0.2, 0.25) is 0 Å². The molecule has 28 heavy (non-hydrogen) atoms. The van der Waals surface area contributed by atoms with E-state index in [0.29, 0.717) is 0 Å². The fourth-order valence-electron chi connectivity index (χ4n) is 4.93. The zero-order chi connectivity index (χ0) is 19.8. The number of rotatable bonds is 7. The predicted octanol–water partition coefficient (Wildman–Crippen LogP) is 2.87. The molecule has 3 rings (SSSR count). The minimum atomic E-state index is 0.213. The summed E-state index contributed by atoms with van der Waals surface area (Å²) >= 11 is 0. The Morgan fingerprint density at radius 2 is 1.82 bits per heavy atom. The van der Waals surface area contributed by atoms with E-state index in [9.17, 15) is 5.26 Å². The lowest BCUT2D eigenvalue weighted by atomic mass is 9.96. The van der Waals surface area contributed by atoms with E-state index in [-0.39, 0.29) is 5.70 Å². The second-order valence-electron chi connectivity index (χ2n) is 8.67. The number of likely N-dealkylation sites (tertiary alicyclic amines) is 3. The predicted molar refractivity (Wildman–Crippen MR) is 112 cm³/mol. The van der Waals surface area contributed by atoms with Crippen LogP contribution in [0.25, 0.3) is 4.85 Å². The molecular weight excluding hydrogens is 348 g/mol. The summed E-state index contributed by atoms with van der Waals surface area (Å²) < 4.78 is 0. The first-order chi connectivity index (χ1) is 13.7. The highest BCUT2D eigenvalue weighted by molar-refractivity contribution is 5.32. The average molecular weight is 385 g/mol. The van der Waals surface area contributed by atoms with Crippen molar-refractivity contribution in [3.8, 4) is 6.07 Å². The molecule has 0 aliphatic carbocycles. The molecular formula is C22H36N6. The zero-order valence-corrected chi connectivity index (χ0v) is 17.5. The summed E-state index contributed by atoms with van der Waals surface area (Å²) in [6, 6.07) is 2.85. The summed E-state index contributed by atoms with van der Waals surface area (Å²) in [6.45, 7) is 18.3. The topological polar surface area (TPSA) is 49.9 Å². The second kappa shape index (κ2) is 10.7. The highest BCUT2D eigenvalue weighted by atomic mass is 15.3. The molecule has 3 aliphatic rings. The van der Waals surface area contributed by atoms with E-state index in [1.165, 1.54) is 58.3 Å². The third kappa shape index (κ3) is 5.63. The fourth-order valence-corrected chi connectivity index (χ4v) is 4.93. The number of hydrogen-bond acceptors (Lipinski definition) is 5. The van der Waals surface area contributed by atoms with Gasteiger partial charge in [-0.2, -0.15) is 0 Å². The van der Waals surface area contributed by atoms with Crippen LogP contribution in [-0.4, -0.2) is 73.1 Å². The number of piperidine rings is 2. The molecule has 1 N–H and O–H groups in total. The van der Waals surface area contributed by atoms with Gasteiger partial charge < -0.3 is 20.0 Å². The van der Waals surface area contributed by atoms with E-state index >= 15 is 0 Å². The van der Waals surface area contributed by atoms with Crippen LogP contribution in [0, 0.1) is 23.8 Å². The van der Waals surface area contributed by atoms with Crippen molar-refractivity contribution in [1.29, 1.82) is 5.26 Å². The molecule has 0 bridgehead atoms. The first-order valence-corrected chi connectivity index (χ1v) is 11.2. The van der Waals surface area contributed by atoms with Crippen molar-refractivity contribution in [2.45, 2.75) is 57.9 Å². The maximum absolute atomic E-state index is 9.44. The Kier molecular flexibility index (Phi) is 8.01. The van der Waals surface area contributed by atoms with Crippen LogP contribution in [-0.2, 0) is 0 Å². The summed E-state index contributed by atoms with van der Waals surface area (Å²) in [5.41, 5.74) is 0.213. The second-order valence-corrected chi connectivity index (χ2v) is 8.67. The number of nitriles is 1. The maximum atomic E-state index is 9.44. The Morgan fingerprint density at radius 1 is 1.07 bits per heavy atom. The van der Waals surface area contributed by atoms with Crippen LogP contribution in [0.15, 0.2) is 11.5 Å². The molecule has 3 saturated heterocycles. The molecule has 0 aromatic rings. The SMILES string of the molecule is [C-]#[N+]/C(C#N)=C(\NCCN1CCCCC1)N1CCC(CN2CCCC2C)CC1. The molecule has 0 amide bonds. The zero-order valence-electron chi connectivity index (χ0n) is 17.5. The molecule has 1 atom stereocenters. The van der Waals surface area contributed by atoms with Crippen LogP contribution in [0.4, 0.5) is 0 Å². The Labute approximate surface area is 171 Å². The molecule has 0 spiro atoms. The molecule has 0 aromatic carbocycles. The lowest BCUT2D eigenvalue weighted by Crippen LogP contribution is -2.44. The molecule has 0 radical (unpaired) electrons. The molecule has 3 aliphatic heterocycles. The number of allylic oxidation sites excluding steroid dienone is 1. The van der Waals surface area contributed by atoms with Crippen molar-refractivity contribution in [2.75, 3.05) is 52.4 Å². The number of hydrogen-bond donors (Lipinski definition) is 1. The minimum Gasteiger partial charge on any atom is -0.379 e. The van der Waals surface area contributed by atoms with Gasteiger partial charge >= 0.3 is 0 Å². The van der Waals surface area contributed by atoms with Crippen LogP contribution in [0.5, 0.6) is 0 Å². The molecule has 6 nitrogen and oxygen atoms in total. The van der Waals surface area contributed by atoms with Gasteiger partial charge in [-0.15, -0.1) is 0 Å². The number of nitrogens with one attached hydrogen (secondary N) is 1. The summed E-state index contributed by atoms with van der Waals surface area (Å²) in [5.74, 6) is 1.51. The lowest BCUT2D eigenvalue weighted by Gasteiger charge is -2.38. The molecule has 3 fully saturated rings. The standard InChI is InChI=1S/C22H36N6/c1-19-7-6-13-28(19)18-20-8-14-27(15-9-20)22(21(17-23)24-2)25-10-16-26-11-4-3-5-12-26/h19-20,25H,3-16,18H2,1H3/b22-21+. The van der Waals surface area contributed by atoms with E-state index in [1.807, 2.05) is 0 Å². The Morgan fingerprint density at radius 3 is 2.43 bits per heavy atom. The van der Waals surface area contributed by atoms with Crippen molar-refractivity contribution < 1.29 is 0 Å². The van der Waals surface area contributed by atoms with Gasteiger partial charge in [0.05, 0.1) is 12.6 Å². The highest BCUT2D eigenvalue weighted by Crippen LogP contribution is 2.25. The third-order valence-electron chi connectivity index (χ3n) is 6.73. The Balaban J connectivity index is 1.51. The maximum Gasteiger partial charge on any atom is 0.300 e. The van der Waals surface area contributed by atoms with Crippen LogP contribution >= 0.6 is 0 Å². The fraction of sp³-hybridized carbons (Fsp3) is 0.818. The Hall–Kier alpha value is -1.76. The quantitative estimate of drug-likeness (QED) is 0.540. The van der Waals surface area contributed by atoms with Gasteiger partial charge in [-0.1, -0.05) is 6.42 Å². The van der Waals surface area contributed by atoms with Gasteiger partial charge in [0, 0.05) is 38.8 Å². The monoisotopic (exact) mass is 384 g/mol. The summed E-state index contributed by atoms with van der Waals surface area (Å²) in [6.07, 6.45) is 8.90. The molecule has 3 heterocycles. The van der Waals surface area contributed by atoms with E-state index < -0.39 is 0 Å². The summed E-state index contributed by atoms with van der Waals surface area (Å²) in [4.78, 5) is 10.9. The van der Waals surface area contributed by atoms with Crippen molar-refractivity contribution in [1.82, 2.24) is 20.0 Å². The molecule has 0 saturated carbocycles. The first-order valence-electron chi connectivity index (χ1n) is 11.2. The van der Waals surface area contributed by atoms with E-state index in [0.717, 1.165) is 56.8 Å². The molecule has 1 unspecified atom stereocenters. The van der Waals surface area contributed by atoms with E-state index in [1.54, 1.807) is 0 Å². The lowest BCUT2D eigenvalue weighted by molar-refractivity contribution is 0.154. The normalized spacial score (nSPS) is 25.8. The van der Waals surface area contributed by atoms with Crippen LogP contribution in [0.1, 0.15) is 51.9 Å². The van der Waals surface area contributed by atoms with Gasteiger partial charge in [-0.3, -0.25) is 0 Å². The van der Waals surface area contributed by atoms with Crippen LogP contribution in [0.3, 0.4) is 0 Å². The van der Waals surface area contributed by atoms with Crippen LogP contribution < -0.4 is 5.32 Å². The van der Waals surface area contributed by atoms with Gasteiger partial charge in [-0.05, 0) is 71.0 Å². The minimum absolute atomic E-state index is 0.213. The van der Waals surface area contributed by atoms with Crippen molar-refractivity contribution in [3.63, 3.8) is 0 Å². The Bertz CT molecular complexity index is 585. The first kappa shape index (κ1) is 21.0. The van der Waals surface area contributed by atoms with Crippen molar-refractivity contribution >= 4 is 0 Å². The largest absolute Gasteiger partial charge is 0.379 e. The van der Waals surface area contributed by atoms with Gasteiger partial charge in [0.2, 0.25) is 0 Å². The van der Waals surface area contributed by atoms with Gasteiger partial charge in [0.25, 0.3) is 5.70 Å². The summed E-state index contributed by atoms with van der Waals surface area (Å²) in [5, 5.41) is 12.9. The van der Waals surface area contributed by atoms with Gasteiger partial charge in [0.15, 0.2) is 0 Å². The van der Waals surface area contributed by atoms with Crippen molar-refractivity contribution in [3.05, 3.63) is 22.9 Å². The van der Waals surface area contributed by atoms with Gasteiger partial charge in [0.1, 0.15) is 5.82 Å². The molecule has 6 heteroatoms. The molecule has 0 aromatic heterocycles. The third-order valence-corrected chi connectivity index (χ3v) is 6.73. The molecule has 154 valence electrons. The van der Waals surface area contributed by atoms with Crippen molar-refractivity contribution in [2.24, 2.45) is 5.92 Å². The number of nitrogens with zero attached hydrogens (tertiary/aromatic N) is 5. The van der Waals surface area contributed by atoms with E-state index in [4.69, 9.17) is 6.57 Å². The summed E-state index contributed by atoms with van der Waals surface area (Å²) in [7, 11) is 0. The van der Waals surface area contributed by atoms with Gasteiger partial charge in [-0.25, -0.2) is 10.1 Å². The highest BCUT2D eigenvalue weighted by Gasteiger charge is 2.27. The smallest absolute Gasteiger partial charge is 0.300 e.